The second-order valence-corrected chi connectivity index (χ2v) is 7.86. The number of amides is 3. The first-order valence-electron chi connectivity index (χ1n) is 9.33. The zero-order valence-electron chi connectivity index (χ0n) is 16.3. The highest BCUT2D eigenvalue weighted by atomic mass is 32.2. The topological polar surface area (TPSA) is 80.1 Å². The van der Waals surface area contributed by atoms with Crippen molar-refractivity contribution >= 4 is 23.7 Å². The summed E-state index contributed by atoms with van der Waals surface area (Å²) in [5.41, 5.74) is 4.16. The van der Waals surface area contributed by atoms with Crippen LogP contribution in [0.1, 0.15) is 11.1 Å². The number of aryl methyl sites for hydroxylation is 2. The van der Waals surface area contributed by atoms with Crippen molar-refractivity contribution in [3.8, 4) is 17.1 Å². The molecule has 2 aromatic carbocycles. The number of urea groups is 1. The van der Waals surface area contributed by atoms with Crippen molar-refractivity contribution < 1.29 is 9.59 Å². The van der Waals surface area contributed by atoms with Gasteiger partial charge in [-0.2, -0.15) is 0 Å². The number of aromatic nitrogens is 3. The molecule has 8 heteroatoms. The molecule has 1 saturated heterocycles. The molecule has 148 valence electrons. The molecule has 0 saturated carbocycles. The Morgan fingerprint density at radius 3 is 2.59 bits per heavy atom. The summed E-state index contributed by atoms with van der Waals surface area (Å²) in [5, 5.41) is 12.0. The van der Waals surface area contributed by atoms with Gasteiger partial charge in [-0.3, -0.25) is 14.3 Å². The molecule has 4 rings (SSSR count). The fourth-order valence-electron chi connectivity index (χ4n) is 3.17. The molecule has 1 aromatic heterocycles. The molecule has 7 nitrogen and oxygen atoms in total. The molecule has 0 atom stereocenters. The molecule has 1 N–H and O–H groups in total. The average Bonchev–Trinajstić information content (AvgIpc) is 3.33. The number of nitrogens with zero attached hydrogens (tertiary/aromatic N) is 4. The molecular weight excluding hydrogens is 386 g/mol. The zero-order chi connectivity index (χ0) is 20.4. The van der Waals surface area contributed by atoms with Gasteiger partial charge in [-0.25, -0.2) is 4.79 Å². The van der Waals surface area contributed by atoms with Crippen LogP contribution in [0.2, 0.25) is 0 Å². The Bertz CT molecular complexity index is 1060. The van der Waals surface area contributed by atoms with E-state index < -0.39 is 0 Å². The predicted octanol–water partition coefficient (Wildman–Crippen LogP) is 3.20. The van der Waals surface area contributed by atoms with Gasteiger partial charge < -0.3 is 5.32 Å². The molecule has 1 aliphatic heterocycles. The molecule has 1 fully saturated rings. The van der Waals surface area contributed by atoms with Crippen LogP contribution in [0.3, 0.4) is 0 Å². The summed E-state index contributed by atoms with van der Waals surface area (Å²) in [7, 11) is 0. The van der Waals surface area contributed by atoms with Crippen LogP contribution in [0.4, 0.5) is 4.79 Å². The average molecular weight is 407 g/mol. The Kier molecular flexibility index (Phi) is 5.35. The van der Waals surface area contributed by atoms with Gasteiger partial charge in [-0.1, -0.05) is 53.2 Å². The highest BCUT2D eigenvalue weighted by molar-refractivity contribution is 7.99. The third-order valence-corrected chi connectivity index (χ3v) is 5.60. The minimum atomic E-state index is -0.337. The van der Waals surface area contributed by atoms with Crippen molar-refractivity contribution in [3.05, 3.63) is 59.7 Å². The van der Waals surface area contributed by atoms with E-state index in [0.29, 0.717) is 24.1 Å². The lowest BCUT2D eigenvalue weighted by molar-refractivity contribution is -0.124. The van der Waals surface area contributed by atoms with Crippen LogP contribution in [0.5, 0.6) is 0 Å². The summed E-state index contributed by atoms with van der Waals surface area (Å²) in [6, 6.07) is 15.8. The van der Waals surface area contributed by atoms with E-state index in [1.54, 1.807) is 0 Å². The van der Waals surface area contributed by atoms with E-state index in [4.69, 9.17) is 0 Å². The number of thioether (sulfide) groups is 1. The second-order valence-electron chi connectivity index (χ2n) is 6.91. The SMILES string of the molecule is Cc1ccc(-n2c(SCC(=O)N3CCNC3=O)nnc2-c2cccc(C)c2)cc1. The third kappa shape index (κ3) is 4.02. The van der Waals surface area contributed by atoms with E-state index in [0.717, 1.165) is 22.4 Å². The van der Waals surface area contributed by atoms with Crippen LogP contribution in [0, 0.1) is 13.8 Å². The van der Waals surface area contributed by atoms with Crippen LogP contribution < -0.4 is 5.32 Å². The Labute approximate surface area is 173 Å². The lowest BCUT2D eigenvalue weighted by Gasteiger charge is -2.13. The van der Waals surface area contributed by atoms with Gasteiger partial charge in [0.05, 0.1) is 5.75 Å². The number of imide groups is 1. The van der Waals surface area contributed by atoms with Gasteiger partial charge in [0, 0.05) is 24.3 Å². The molecule has 2 heterocycles. The van der Waals surface area contributed by atoms with Gasteiger partial charge >= 0.3 is 6.03 Å². The van der Waals surface area contributed by atoms with Gasteiger partial charge in [0.25, 0.3) is 0 Å². The van der Waals surface area contributed by atoms with Gasteiger partial charge in [0.15, 0.2) is 11.0 Å². The maximum absolute atomic E-state index is 12.4. The molecular formula is C21H21N5O2S. The molecule has 1 aliphatic rings. The first-order chi connectivity index (χ1) is 14.0. The normalized spacial score (nSPS) is 13.6. The summed E-state index contributed by atoms with van der Waals surface area (Å²) in [6.45, 7) is 4.96. The summed E-state index contributed by atoms with van der Waals surface area (Å²) >= 11 is 1.28. The minimum absolute atomic E-state index is 0.116. The van der Waals surface area contributed by atoms with Crippen LogP contribution in [-0.4, -0.2) is 50.4 Å². The third-order valence-electron chi connectivity index (χ3n) is 4.68. The Morgan fingerprint density at radius 2 is 1.90 bits per heavy atom. The highest BCUT2D eigenvalue weighted by Gasteiger charge is 2.27. The molecule has 3 amide bonds. The van der Waals surface area contributed by atoms with Crippen molar-refractivity contribution in [2.45, 2.75) is 19.0 Å². The van der Waals surface area contributed by atoms with Crippen molar-refractivity contribution in [2.75, 3.05) is 18.8 Å². The van der Waals surface area contributed by atoms with Crippen molar-refractivity contribution in [3.63, 3.8) is 0 Å². The molecule has 29 heavy (non-hydrogen) atoms. The molecule has 0 radical (unpaired) electrons. The Morgan fingerprint density at radius 1 is 1.10 bits per heavy atom. The molecule has 0 bridgehead atoms. The maximum atomic E-state index is 12.4. The molecule has 0 spiro atoms. The fourth-order valence-corrected chi connectivity index (χ4v) is 4.00. The summed E-state index contributed by atoms with van der Waals surface area (Å²) in [5.74, 6) is 0.595. The monoisotopic (exact) mass is 407 g/mol. The van der Waals surface area contributed by atoms with Crippen molar-refractivity contribution in [1.29, 1.82) is 0 Å². The lowest BCUT2D eigenvalue weighted by Crippen LogP contribution is -2.35. The number of benzene rings is 2. The predicted molar refractivity (Wildman–Crippen MR) is 112 cm³/mol. The van der Waals surface area contributed by atoms with Crippen LogP contribution >= 0.6 is 11.8 Å². The maximum Gasteiger partial charge on any atom is 0.324 e. The van der Waals surface area contributed by atoms with E-state index >= 15 is 0 Å². The summed E-state index contributed by atoms with van der Waals surface area (Å²) < 4.78 is 1.95. The van der Waals surface area contributed by atoms with Gasteiger partial charge in [-0.05, 0) is 32.0 Å². The molecule has 3 aromatic rings. The van der Waals surface area contributed by atoms with Gasteiger partial charge in [-0.15, -0.1) is 10.2 Å². The van der Waals surface area contributed by atoms with Crippen LogP contribution in [-0.2, 0) is 4.79 Å². The number of nitrogens with one attached hydrogen (secondary N) is 1. The summed E-state index contributed by atoms with van der Waals surface area (Å²) in [6.07, 6.45) is 0. The molecule has 0 aliphatic carbocycles. The lowest BCUT2D eigenvalue weighted by atomic mass is 10.1. The van der Waals surface area contributed by atoms with Crippen LogP contribution in [0.25, 0.3) is 17.1 Å². The minimum Gasteiger partial charge on any atom is -0.336 e. The highest BCUT2D eigenvalue weighted by Crippen LogP contribution is 2.28. The summed E-state index contributed by atoms with van der Waals surface area (Å²) in [4.78, 5) is 25.4. The largest absolute Gasteiger partial charge is 0.336 e. The van der Waals surface area contributed by atoms with E-state index in [9.17, 15) is 9.59 Å². The standard InChI is InChI=1S/C21H21N5O2S/c1-14-6-8-17(9-7-14)26-19(16-5-3-4-15(2)12-16)23-24-21(26)29-13-18(27)25-11-10-22-20(25)28/h3-9,12H,10-11,13H2,1-2H3,(H,22,28). The number of carbonyl (C=O) groups excluding carboxylic acids is 2. The van der Waals surface area contributed by atoms with Crippen LogP contribution in [0.15, 0.2) is 53.7 Å². The van der Waals surface area contributed by atoms with E-state index in [1.165, 1.54) is 16.7 Å². The number of hydrogen-bond donors (Lipinski definition) is 1. The van der Waals surface area contributed by atoms with Crippen molar-refractivity contribution in [2.24, 2.45) is 0 Å². The van der Waals surface area contributed by atoms with E-state index in [-0.39, 0.29) is 17.7 Å². The van der Waals surface area contributed by atoms with E-state index in [2.05, 4.69) is 21.6 Å². The first kappa shape index (κ1) is 19.2. The molecule has 0 unspecified atom stereocenters. The Balaban J connectivity index is 1.67. The quantitative estimate of drug-likeness (QED) is 0.657. The van der Waals surface area contributed by atoms with Crippen molar-refractivity contribution in [1.82, 2.24) is 25.0 Å². The number of carbonyl (C=O) groups is 2. The second kappa shape index (κ2) is 8.08. The number of hydrogen-bond acceptors (Lipinski definition) is 5. The van der Waals surface area contributed by atoms with E-state index in [1.807, 2.05) is 60.9 Å². The van der Waals surface area contributed by atoms with Gasteiger partial charge in [0.2, 0.25) is 5.91 Å². The first-order valence-corrected chi connectivity index (χ1v) is 10.3. The Hall–Kier alpha value is -3.13. The smallest absolute Gasteiger partial charge is 0.324 e. The number of rotatable bonds is 5. The van der Waals surface area contributed by atoms with Gasteiger partial charge in [0.1, 0.15) is 0 Å². The zero-order valence-corrected chi connectivity index (χ0v) is 17.1. The fraction of sp³-hybridized carbons (Fsp3) is 0.238.